The van der Waals surface area contributed by atoms with Crippen LogP contribution in [0.3, 0.4) is 0 Å². The van der Waals surface area contributed by atoms with Crippen LogP contribution in [-0.2, 0) is 17.6 Å². The minimum atomic E-state index is -0.162. The van der Waals surface area contributed by atoms with Crippen LogP contribution < -0.4 is 5.32 Å². The second-order valence-corrected chi connectivity index (χ2v) is 8.86. The first kappa shape index (κ1) is 20.0. The van der Waals surface area contributed by atoms with Crippen molar-refractivity contribution in [3.05, 3.63) is 80.4 Å². The van der Waals surface area contributed by atoms with Gasteiger partial charge in [-0.15, -0.1) is 22.7 Å². The molecule has 0 radical (unpaired) electrons. The molecule has 29 heavy (non-hydrogen) atoms. The Labute approximate surface area is 185 Å². The van der Waals surface area contributed by atoms with Crippen LogP contribution in [0.4, 0.5) is 5.13 Å². The van der Waals surface area contributed by atoms with E-state index in [2.05, 4.69) is 20.3 Å². The molecule has 1 amide bonds. The SMILES string of the molecule is O=C(Cc1csc(-c2ccccn2)n1)Nc1ncc(Cc2cccc(Cl)c2Cl)s1. The Morgan fingerprint density at radius 3 is 2.83 bits per heavy atom. The van der Waals surface area contributed by atoms with E-state index in [0.717, 1.165) is 21.1 Å². The van der Waals surface area contributed by atoms with Crippen LogP contribution in [0.25, 0.3) is 10.7 Å². The molecule has 0 unspecified atom stereocenters. The van der Waals surface area contributed by atoms with Crippen molar-refractivity contribution in [2.24, 2.45) is 0 Å². The van der Waals surface area contributed by atoms with Crippen LogP contribution in [0.5, 0.6) is 0 Å². The Morgan fingerprint density at radius 2 is 2.00 bits per heavy atom. The molecule has 0 spiro atoms. The van der Waals surface area contributed by atoms with Crippen molar-refractivity contribution in [1.29, 1.82) is 0 Å². The lowest BCUT2D eigenvalue weighted by Crippen LogP contribution is -2.14. The number of amides is 1. The molecule has 1 aromatic carbocycles. The van der Waals surface area contributed by atoms with Crippen molar-refractivity contribution >= 4 is 56.9 Å². The lowest BCUT2D eigenvalue weighted by atomic mass is 10.1. The van der Waals surface area contributed by atoms with Gasteiger partial charge in [0.1, 0.15) is 5.01 Å². The fraction of sp³-hybridized carbons (Fsp3) is 0.100. The molecule has 5 nitrogen and oxygen atoms in total. The van der Waals surface area contributed by atoms with E-state index < -0.39 is 0 Å². The molecule has 3 heterocycles. The molecule has 3 aromatic heterocycles. The van der Waals surface area contributed by atoms with Crippen molar-refractivity contribution in [3.63, 3.8) is 0 Å². The highest BCUT2D eigenvalue weighted by Gasteiger charge is 2.13. The van der Waals surface area contributed by atoms with Crippen LogP contribution in [0.2, 0.25) is 10.0 Å². The van der Waals surface area contributed by atoms with E-state index in [1.807, 2.05) is 35.7 Å². The van der Waals surface area contributed by atoms with Gasteiger partial charge in [-0.2, -0.15) is 0 Å². The first-order valence-corrected chi connectivity index (χ1v) is 11.1. The Kier molecular flexibility index (Phi) is 6.20. The fourth-order valence-electron chi connectivity index (χ4n) is 2.64. The minimum Gasteiger partial charge on any atom is -0.302 e. The summed E-state index contributed by atoms with van der Waals surface area (Å²) in [4.78, 5) is 26.4. The highest BCUT2D eigenvalue weighted by atomic mass is 35.5. The van der Waals surface area contributed by atoms with Gasteiger partial charge < -0.3 is 5.32 Å². The van der Waals surface area contributed by atoms with Crippen molar-refractivity contribution in [2.45, 2.75) is 12.8 Å². The standard InChI is InChI=1S/C20H14Cl2N4OS2/c21-15-5-3-4-12(18(15)22)8-14-10-24-20(29-14)26-17(27)9-13-11-28-19(25-13)16-6-1-2-7-23-16/h1-7,10-11H,8-9H2,(H,24,26,27). The molecule has 0 saturated heterocycles. The molecule has 0 fully saturated rings. The number of pyridine rings is 1. The summed E-state index contributed by atoms with van der Waals surface area (Å²) in [7, 11) is 0. The van der Waals surface area contributed by atoms with Gasteiger partial charge in [0.2, 0.25) is 5.91 Å². The highest BCUT2D eigenvalue weighted by molar-refractivity contribution is 7.15. The minimum absolute atomic E-state index is 0.162. The maximum Gasteiger partial charge on any atom is 0.232 e. The van der Waals surface area contributed by atoms with E-state index in [-0.39, 0.29) is 12.3 Å². The zero-order valence-electron chi connectivity index (χ0n) is 14.9. The maximum absolute atomic E-state index is 12.4. The van der Waals surface area contributed by atoms with E-state index in [9.17, 15) is 4.79 Å². The van der Waals surface area contributed by atoms with Gasteiger partial charge in [-0.3, -0.25) is 9.78 Å². The highest BCUT2D eigenvalue weighted by Crippen LogP contribution is 2.29. The third kappa shape index (κ3) is 5.00. The van der Waals surface area contributed by atoms with Gasteiger partial charge in [-0.25, -0.2) is 9.97 Å². The number of aromatic nitrogens is 3. The number of hydrogen-bond acceptors (Lipinski definition) is 6. The Balaban J connectivity index is 1.37. The van der Waals surface area contributed by atoms with Gasteiger partial charge >= 0.3 is 0 Å². The van der Waals surface area contributed by atoms with Crippen LogP contribution in [0, 0.1) is 0 Å². The normalized spacial score (nSPS) is 10.8. The predicted molar refractivity (Wildman–Crippen MR) is 119 cm³/mol. The first-order chi connectivity index (χ1) is 14.1. The average molecular weight is 461 g/mol. The number of benzene rings is 1. The largest absolute Gasteiger partial charge is 0.302 e. The average Bonchev–Trinajstić information content (AvgIpc) is 3.36. The van der Waals surface area contributed by atoms with Gasteiger partial charge in [0.15, 0.2) is 5.13 Å². The van der Waals surface area contributed by atoms with Crippen molar-refractivity contribution in [3.8, 4) is 10.7 Å². The topological polar surface area (TPSA) is 67.8 Å². The third-order valence-corrected chi connectivity index (χ3v) is 6.66. The van der Waals surface area contributed by atoms with Gasteiger partial charge in [0, 0.05) is 29.1 Å². The molecule has 1 N–H and O–H groups in total. The Bertz CT molecular complexity index is 1140. The molecule has 9 heteroatoms. The predicted octanol–water partition coefficient (Wildman–Crippen LogP) is 5.74. The molecular weight excluding hydrogens is 447 g/mol. The van der Waals surface area contributed by atoms with Crippen LogP contribution >= 0.6 is 45.9 Å². The molecule has 0 aliphatic carbocycles. The molecule has 0 saturated carbocycles. The molecule has 4 rings (SSSR count). The third-order valence-electron chi connectivity index (χ3n) is 3.97. The number of carbonyl (C=O) groups is 1. The van der Waals surface area contributed by atoms with E-state index in [4.69, 9.17) is 23.2 Å². The van der Waals surface area contributed by atoms with Crippen molar-refractivity contribution < 1.29 is 4.79 Å². The lowest BCUT2D eigenvalue weighted by Gasteiger charge is -2.03. The second kappa shape index (κ2) is 9.00. The molecule has 0 atom stereocenters. The summed E-state index contributed by atoms with van der Waals surface area (Å²) in [5.41, 5.74) is 2.43. The van der Waals surface area contributed by atoms with Gasteiger partial charge in [-0.05, 0) is 23.8 Å². The summed E-state index contributed by atoms with van der Waals surface area (Å²) in [6.07, 6.45) is 4.24. The molecule has 4 aromatic rings. The smallest absolute Gasteiger partial charge is 0.232 e. The summed E-state index contributed by atoms with van der Waals surface area (Å²) >= 11 is 15.2. The summed E-state index contributed by atoms with van der Waals surface area (Å²) in [5.74, 6) is -0.162. The van der Waals surface area contributed by atoms with Gasteiger partial charge in [-0.1, -0.05) is 41.4 Å². The summed E-state index contributed by atoms with van der Waals surface area (Å²) in [6.45, 7) is 0. The number of nitrogens with zero attached hydrogens (tertiary/aromatic N) is 3. The summed E-state index contributed by atoms with van der Waals surface area (Å²) < 4.78 is 0. The van der Waals surface area contributed by atoms with Gasteiger partial charge in [0.25, 0.3) is 0 Å². The van der Waals surface area contributed by atoms with E-state index in [1.165, 1.54) is 22.7 Å². The van der Waals surface area contributed by atoms with Crippen molar-refractivity contribution in [1.82, 2.24) is 15.0 Å². The molecular formula is C20H14Cl2N4OS2. The zero-order valence-corrected chi connectivity index (χ0v) is 18.1. The molecule has 0 aliphatic rings. The lowest BCUT2D eigenvalue weighted by molar-refractivity contribution is -0.115. The van der Waals surface area contributed by atoms with Gasteiger partial charge in [0.05, 0.1) is 27.9 Å². The summed E-state index contributed by atoms with van der Waals surface area (Å²) in [6, 6.07) is 11.2. The Morgan fingerprint density at radius 1 is 1.10 bits per heavy atom. The zero-order chi connectivity index (χ0) is 20.2. The quantitative estimate of drug-likeness (QED) is 0.398. The first-order valence-electron chi connectivity index (χ1n) is 8.62. The van der Waals surface area contributed by atoms with E-state index in [1.54, 1.807) is 18.5 Å². The Hall–Kier alpha value is -2.32. The number of hydrogen-bond donors (Lipinski definition) is 1. The summed E-state index contributed by atoms with van der Waals surface area (Å²) in [5, 5.41) is 7.11. The van der Waals surface area contributed by atoms with Crippen molar-refractivity contribution in [2.75, 3.05) is 5.32 Å². The monoisotopic (exact) mass is 460 g/mol. The molecule has 0 bridgehead atoms. The second-order valence-electron chi connectivity index (χ2n) is 6.11. The van der Waals surface area contributed by atoms with Crippen LogP contribution in [-0.4, -0.2) is 20.9 Å². The van der Waals surface area contributed by atoms with Crippen LogP contribution in [0.1, 0.15) is 16.1 Å². The fourth-order valence-corrected chi connectivity index (χ4v) is 4.68. The molecule has 0 aliphatic heterocycles. The number of anilines is 1. The number of rotatable bonds is 6. The number of halogens is 2. The maximum atomic E-state index is 12.4. The van der Waals surface area contributed by atoms with E-state index >= 15 is 0 Å². The number of nitrogens with one attached hydrogen (secondary N) is 1. The van der Waals surface area contributed by atoms with Crippen LogP contribution in [0.15, 0.2) is 54.2 Å². The number of thiazole rings is 2. The van der Waals surface area contributed by atoms with E-state index in [0.29, 0.717) is 27.3 Å². The number of carbonyl (C=O) groups excluding carboxylic acids is 1. The molecule has 146 valence electrons.